The Morgan fingerprint density at radius 2 is 1.75 bits per heavy atom. The van der Waals surface area contributed by atoms with Crippen LogP contribution >= 0.6 is 0 Å². The molecule has 0 saturated heterocycles. The van der Waals surface area contributed by atoms with Gasteiger partial charge in [0.2, 0.25) is 0 Å². The van der Waals surface area contributed by atoms with Crippen molar-refractivity contribution in [1.29, 1.82) is 0 Å². The van der Waals surface area contributed by atoms with Crippen LogP contribution in [-0.4, -0.2) is 22.4 Å². The number of phenols is 3. The second-order valence-corrected chi connectivity index (χ2v) is 4.35. The summed E-state index contributed by atoms with van der Waals surface area (Å²) < 4.78 is 5.02. The van der Waals surface area contributed by atoms with Crippen LogP contribution in [0.15, 0.2) is 42.5 Å². The average Bonchev–Trinajstić information content (AvgIpc) is 2.44. The van der Waals surface area contributed by atoms with E-state index in [0.717, 1.165) is 11.1 Å². The molecule has 0 radical (unpaired) electrons. The molecule has 0 aliphatic rings. The number of hydrogen-bond acceptors (Lipinski definition) is 4. The third kappa shape index (κ3) is 3.23. The Bertz CT molecular complexity index is 632. The summed E-state index contributed by atoms with van der Waals surface area (Å²) in [6.07, 6.45) is 4.23. The van der Waals surface area contributed by atoms with E-state index in [9.17, 15) is 15.3 Å². The van der Waals surface area contributed by atoms with Crippen molar-refractivity contribution >= 4 is 6.08 Å². The Balaban J connectivity index is 2.07. The molecule has 2 aromatic carbocycles. The quantitative estimate of drug-likeness (QED) is 0.748. The van der Waals surface area contributed by atoms with Gasteiger partial charge in [0.25, 0.3) is 0 Å². The molecule has 0 atom stereocenters. The molecule has 3 N–H and O–H groups in total. The van der Waals surface area contributed by atoms with Gasteiger partial charge in [0.1, 0.15) is 11.5 Å². The third-order valence-electron chi connectivity index (χ3n) is 2.94. The Morgan fingerprint density at radius 3 is 2.40 bits per heavy atom. The van der Waals surface area contributed by atoms with Crippen molar-refractivity contribution in [1.82, 2.24) is 0 Å². The number of aromatic hydroxyl groups is 3. The molecule has 4 nitrogen and oxygen atoms in total. The van der Waals surface area contributed by atoms with Crippen molar-refractivity contribution in [2.24, 2.45) is 0 Å². The van der Waals surface area contributed by atoms with Crippen molar-refractivity contribution in [3.8, 4) is 23.0 Å². The summed E-state index contributed by atoms with van der Waals surface area (Å²) in [6, 6.07) is 9.75. The first-order valence-corrected chi connectivity index (χ1v) is 6.14. The minimum atomic E-state index is -0.153. The zero-order valence-corrected chi connectivity index (χ0v) is 11.1. The Kier molecular flexibility index (Phi) is 4.15. The molecule has 0 fully saturated rings. The molecule has 0 bridgehead atoms. The van der Waals surface area contributed by atoms with E-state index in [2.05, 4.69) is 0 Å². The number of ether oxygens (including phenoxy) is 1. The fourth-order valence-corrected chi connectivity index (χ4v) is 1.81. The van der Waals surface area contributed by atoms with E-state index in [-0.39, 0.29) is 17.2 Å². The van der Waals surface area contributed by atoms with Crippen LogP contribution in [-0.2, 0) is 6.42 Å². The SMILES string of the molecule is COc1ccc(C/C=C/c2ccc(O)c(O)c2)c(O)c1. The van der Waals surface area contributed by atoms with Crippen LogP contribution in [0.25, 0.3) is 6.08 Å². The van der Waals surface area contributed by atoms with E-state index < -0.39 is 0 Å². The first-order valence-electron chi connectivity index (χ1n) is 6.14. The van der Waals surface area contributed by atoms with Crippen molar-refractivity contribution < 1.29 is 20.1 Å². The van der Waals surface area contributed by atoms with Crippen LogP contribution in [0, 0.1) is 0 Å². The highest BCUT2D eigenvalue weighted by molar-refractivity contribution is 5.55. The zero-order valence-electron chi connectivity index (χ0n) is 11.1. The summed E-state index contributed by atoms with van der Waals surface area (Å²) in [5, 5.41) is 28.4. The van der Waals surface area contributed by atoms with E-state index >= 15 is 0 Å². The second-order valence-electron chi connectivity index (χ2n) is 4.35. The molecule has 2 rings (SSSR count). The van der Waals surface area contributed by atoms with Gasteiger partial charge in [0.05, 0.1) is 7.11 Å². The minimum absolute atomic E-state index is 0.144. The first-order chi connectivity index (χ1) is 9.60. The predicted molar refractivity (Wildman–Crippen MR) is 77.2 cm³/mol. The fourth-order valence-electron chi connectivity index (χ4n) is 1.81. The van der Waals surface area contributed by atoms with Gasteiger partial charge in [-0.05, 0) is 35.7 Å². The molecule has 0 amide bonds. The smallest absolute Gasteiger partial charge is 0.157 e. The van der Waals surface area contributed by atoms with Crippen molar-refractivity contribution in [3.05, 3.63) is 53.6 Å². The largest absolute Gasteiger partial charge is 0.508 e. The lowest BCUT2D eigenvalue weighted by Gasteiger charge is -2.04. The highest BCUT2D eigenvalue weighted by Gasteiger charge is 2.01. The van der Waals surface area contributed by atoms with Gasteiger partial charge in [-0.15, -0.1) is 0 Å². The highest BCUT2D eigenvalue weighted by Crippen LogP contribution is 2.26. The van der Waals surface area contributed by atoms with Crippen LogP contribution in [0.5, 0.6) is 23.0 Å². The van der Waals surface area contributed by atoms with E-state index in [4.69, 9.17) is 4.74 Å². The number of benzene rings is 2. The van der Waals surface area contributed by atoms with Gasteiger partial charge in [-0.25, -0.2) is 0 Å². The van der Waals surface area contributed by atoms with Gasteiger partial charge in [0.15, 0.2) is 11.5 Å². The summed E-state index contributed by atoms with van der Waals surface area (Å²) in [7, 11) is 1.55. The number of phenolic OH excluding ortho intramolecular Hbond substituents is 3. The lowest BCUT2D eigenvalue weighted by molar-refractivity contribution is 0.403. The lowest BCUT2D eigenvalue weighted by Crippen LogP contribution is -1.86. The van der Waals surface area contributed by atoms with Crippen molar-refractivity contribution in [3.63, 3.8) is 0 Å². The monoisotopic (exact) mass is 272 g/mol. The van der Waals surface area contributed by atoms with Gasteiger partial charge < -0.3 is 20.1 Å². The highest BCUT2D eigenvalue weighted by atomic mass is 16.5. The molecule has 0 aliphatic carbocycles. The molecule has 0 aromatic heterocycles. The number of methoxy groups -OCH3 is 1. The molecule has 20 heavy (non-hydrogen) atoms. The summed E-state index contributed by atoms with van der Waals surface area (Å²) in [4.78, 5) is 0. The second kappa shape index (κ2) is 6.02. The van der Waals surface area contributed by atoms with Crippen LogP contribution < -0.4 is 4.74 Å². The fraction of sp³-hybridized carbons (Fsp3) is 0.125. The number of rotatable bonds is 4. The lowest BCUT2D eigenvalue weighted by atomic mass is 10.1. The number of hydrogen-bond donors (Lipinski definition) is 3. The van der Waals surface area contributed by atoms with Crippen LogP contribution in [0.2, 0.25) is 0 Å². The third-order valence-corrected chi connectivity index (χ3v) is 2.94. The Morgan fingerprint density at radius 1 is 0.950 bits per heavy atom. The zero-order chi connectivity index (χ0) is 14.5. The molecule has 4 heteroatoms. The molecule has 0 saturated carbocycles. The molecular formula is C16H16O4. The maximum Gasteiger partial charge on any atom is 0.157 e. The molecule has 0 unspecified atom stereocenters. The summed E-state index contributed by atoms with van der Waals surface area (Å²) in [5.41, 5.74) is 1.55. The average molecular weight is 272 g/mol. The molecule has 0 spiro atoms. The minimum Gasteiger partial charge on any atom is -0.508 e. The summed E-state index contributed by atoms with van der Waals surface area (Å²) in [6.45, 7) is 0. The molecule has 2 aromatic rings. The van der Waals surface area contributed by atoms with Crippen LogP contribution in [0.1, 0.15) is 11.1 Å². The maximum absolute atomic E-state index is 9.81. The van der Waals surface area contributed by atoms with E-state index in [1.165, 1.54) is 12.1 Å². The van der Waals surface area contributed by atoms with Gasteiger partial charge in [-0.2, -0.15) is 0 Å². The molecular weight excluding hydrogens is 256 g/mol. The summed E-state index contributed by atoms with van der Waals surface area (Å²) >= 11 is 0. The Labute approximate surface area is 117 Å². The topological polar surface area (TPSA) is 69.9 Å². The first kappa shape index (κ1) is 13.8. The van der Waals surface area contributed by atoms with E-state index in [0.29, 0.717) is 12.2 Å². The van der Waals surface area contributed by atoms with Crippen molar-refractivity contribution in [2.75, 3.05) is 7.11 Å². The van der Waals surface area contributed by atoms with Crippen LogP contribution in [0.4, 0.5) is 0 Å². The van der Waals surface area contributed by atoms with Gasteiger partial charge in [0, 0.05) is 6.07 Å². The predicted octanol–water partition coefficient (Wildman–Crippen LogP) is 3.07. The van der Waals surface area contributed by atoms with Crippen LogP contribution in [0.3, 0.4) is 0 Å². The van der Waals surface area contributed by atoms with E-state index in [1.807, 2.05) is 12.2 Å². The normalized spacial score (nSPS) is 10.8. The van der Waals surface area contributed by atoms with Crippen molar-refractivity contribution in [2.45, 2.75) is 6.42 Å². The molecule has 0 heterocycles. The maximum atomic E-state index is 9.81. The van der Waals surface area contributed by atoms with Gasteiger partial charge >= 0.3 is 0 Å². The molecule has 104 valence electrons. The summed E-state index contributed by atoms with van der Waals surface area (Å²) in [5.74, 6) is 0.496. The number of allylic oxidation sites excluding steroid dienone is 1. The van der Waals surface area contributed by atoms with Gasteiger partial charge in [-0.1, -0.05) is 24.3 Å². The standard InChI is InChI=1S/C16H16O4/c1-20-13-7-6-12(15(18)10-13)4-2-3-11-5-8-14(17)16(19)9-11/h2-3,5-10,17-19H,4H2,1H3/b3-2+. The van der Waals surface area contributed by atoms with E-state index in [1.54, 1.807) is 31.4 Å². The Hall–Kier alpha value is -2.62. The van der Waals surface area contributed by atoms with Gasteiger partial charge in [-0.3, -0.25) is 0 Å². The molecule has 0 aliphatic heterocycles.